The van der Waals surface area contributed by atoms with E-state index in [2.05, 4.69) is 17.6 Å². The van der Waals surface area contributed by atoms with E-state index in [4.69, 9.17) is 17.4 Å². The smallest absolute Gasteiger partial charge is 0.142 e. The summed E-state index contributed by atoms with van der Waals surface area (Å²) in [6.45, 7) is 0. The van der Waals surface area contributed by atoms with Crippen molar-refractivity contribution in [1.82, 2.24) is 5.43 Å². The van der Waals surface area contributed by atoms with Gasteiger partial charge in [0.1, 0.15) is 11.6 Å². The minimum atomic E-state index is -0.637. The van der Waals surface area contributed by atoms with Crippen LogP contribution in [0.5, 0.6) is 0 Å². The molecule has 3 N–H and O–H groups in total. The highest BCUT2D eigenvalue weighted by Crippen LogP contribution is 2.41. The Hall–Kier alpha value is -1.49. The molecule has 0 spiro atoms. The van der Waals surface area contributed by atoms with Gasteiger partial charge in [0.25, 0.3) is 0 Å². The fourth-order valence-electron chi connectivity index (χ4n) is 2.95. The zero-order chi connectivity index (χ0) is 15.0. The molecule has 0 bridgehead atoms. The largest absolute Gasteiger partial charge is 0.271 e. The molecule has 0 aromatic heterocycles. The molecule has 21 heavy (non-hydrogen) atoms. The molecule has 0 radical (unpaired) electrons. The van der Waals surface area contributed by atoms with Crippen molar-refractivity contribution in [1.29, 1.82) is 0 Å². The maximum atomic E-state index is 14.0. The van der Waals surface area contributed by atoms with Gasteiger partial charge in [0.15, 0.2) is 0 Å². The highest BCUT2D eigenvalue weighted by molar-refractivity contribution is 6.30. The van der Waals surface area contributed by atoms with Crippen LogP contribution in [0.15, 0.2) is 36.4 Å². The zero-order valence-electron chi connectivity index (χ0n) is 11.2. The van der Waals surface area contributed by atoms with Crippen LogP contribution >= 0.6 is 11.6 Å². The summed E-state index contributed by atoms with van der Waals surface area (Å²) in [5, 5.41) is -0.221. The monoisotopic (exact) mass is 308 g/mol. The summed E-state index contributed by atoms with van der Waals surface area (Å²) in [5.74, 6) is 4.66. The van der Waals surface area contributed by atoms with E-state index in [-0.39, 0.29) is 10.6 Å². The fourth-order valence-corrected chi connectivity index (χ4v) is 3.10. The SMILES string of the molecule is NNC(CC1Cc2ccccc21)c1cc(F)c(Cl)cc1F. The first-order valence-electron chi connectivity index (χ1n) is 6.78. The molecule has 0 amide bonds. The van der Waals surface area contributed by atoms with E-state index < -0.39 is 17.7 Å². The van der Waals surface area contributed by atoms with Crippen molar-refractivity contribution in [3.05, 3.63) is 69.7 Å². The normalized spacial score (nSPS) is 18.0. The Bertz CT molecular complexity index is 675. The van der Waals surface area contributed by atoms with Crippen LogP contribution in [0.3, 0.4) is 0 Å². The van der Waals surface area contributed by atoms with Crippen molar-refractivity contribution >= 4 is 11.6 Å². The Labute approximate surface area is 126 Å². The average molecular weight is 309 g/mol. The molecule has 1 aliphatic carbocycles. The molecule has 2 atom stereocenters. The van der Waals surface area contributed by atoms with Gasteiger partial charge in [0.2, 0.25) is 0 Å². The Morgan fingerprint density at radius 3 is 2.71 bits per heavy atom. The lowest BCUT2D eigenvalue weighted by Crippen LogP contribution is -2.32. The van der Waals surface area contributed by atoms with Crippen molar-refractivity contribution < 1.29 is 8.78 Å². The maximum Gasteiger partial charge on any atom is 0.142 e. The molecule has 0 aliphatic heterocycles. The number of nitrogens with two attached hydrogens (primary N) is 1. The minimum Gasteiger partial charge on any atom is -0.271 e. The topological polar surface area (TPSA) is 38.0 Å². The molecule has 0 heterocycles. The Morgan fingerprint density at radius 2 is 2.00 bits per heavy atom. The number of hydrazine groups is 1. The molecule has 1 aliphatic rings. The van der Waals surface area contributed by atoms with Gasteiger partial charge in [-0.25, -0.2) is 8.78 Å². The van der Waals surface area contributed by atoms with Crippen LogP contribution in [-0.4, -0.2) is 0 Å². The minimum absolute atomic E-state index is 0.212. The van der Waals surface area contributed by atoms with Gasteiger partial charge in [-0.05, 0) is 42.0 Å². The van der Waals surface area contributed by atoms with Gasteiger partial charge in [-0.3, -0.25) is 11.3 Å². The Morgan fingerprint density at radius 1 is 1.24 bits per heavy atom. The number of fused-ring (bicyclic) bond motifs is 1. The fraction of sp³-hybridized carbons (Fsp3) is 0.250. The lowest BCUT2D eigenvalue weighted by Gasteiger charge is -2.33. The van der Waals surface area contributed by atoms with E-state index in [0.717, 1.165) is 18.6 Å². The summed E-state index contributed by atoms with van der Waals surface area (Å²) < 4.78 is 27.6. The second-order valence-corrected chi connectivity index (χ2v) is 5.75. The molecule has 0 saturated carbocycles. The molecule has 0 saturated heterocycles. The van der Waals surface area contributed by atoms with Gasteiger partial charge in [0.05, 0.1) is 5.02 Å². The average Bonchev–Trinajstić information content (AvgIpc) is 2.45. The summed E-state index contributed by atoms with van der Waals surface area (Å²) in [5.41, 5.74) is 5.36. The van der Waals surface area contributed by atoms with Crippen molar-refractivity contribution in [2.45, 2.75) is 24.8 Å². The highest BCUT2D eigenvalue weighted by atomic mass is 35.5. The number of nitrogens with one attached hydrogen (secondary N) is 1. The van der Waals surface area contributed by atoms with Gasteiger partial charge in [-0.15, -0.1) is 0 Å². The standard InChI is InChI=1S/C16H15ClF2N2/c17-13-8-14(18)12(7-15(13)19)16(21-20)6-10-5-9-3-1-2-4-11(9)10/h1-4,7-8,10,16,21H,5-6,20H2. The van der Waals surface area contributed by atoms with E-state index in [1.54, 1.807) is 0 Å². The van der Waals surface area contributed by atoms with Crippen molar-refractivity contribution in [3.8, 4) is 0 Å². The number of hydrogen-bond donors (Lipinski definition) is 2. The number of hydrogen-bond acceptors (Lipinski definition) is 2. The first-order chi connectivity index (χ1) is 10.1. The lowest BCUT2D eigenvalue weighted by atomic mass is 9.74. The molecular formula is C16H15ClF2N2. The second-order valence-electron chi connectivity index (χ2n) is 5.34. The molecule has 2 nitrogen and oxygen atoms in total. The van der Waals surface area contributed by atoms with Crippen LogP contribution in [0.25, 0.3) is 0 Å². The molecule has 110 valence electrons. The van der Waals surface area contributed by atoms with Gasteiger partial charge >= 0.3 is 0 Å². The molecule has 3 rings (SSSR count). The third-order valence-electron chi connectivity index (χ3n) is 4.10. The van der Waals surface area contributed by atoms with Crippen molar-refractivity contribution in [2.24, 2.45) is 5.84 Å². The summed E-state index contributed by atoms with van der Waals surface area (Å²) in [6, 6.07) is 9.79. The molecule has 0 fully saturated rings. The first kappa shape index (κ1) is 14.4. The third-order valence-corrected chi connectivity index (χ3v) is 4.39. The van der Waals surface area contributed by atoms with Gasteiger partial charge in [0, 0.05) is 11.6 Å². The van der Waals surface area contributed by atoms with Crippen molar-refractivity contribution in [3.63, 3.8) is 0 Å². The first-order valence-corrected chi connectivity index (χ1v) is 7.16. The second kappa shape index (κ2) is 5.72. The van der Waals surface area contributed by atoms with E-state index in [9.17, 15) is 8.78 Å². The molecule has 2 aromatic carbocycles. The predicted octanol–water partition coefficient (Wildman–Crippen LogP) is 3.85. The quantitative estimate of drug-likeness (QED) is 0.511. The van der Waals surface area contributed by atoms with Gasteiger partial charge in [-0.2, -0.15) is 0 Å². The molecule has 2 unspecified atom stereocenters. The Balaban J connectivity index is 1.83. The summed E-state index contributed by atoms with van der Waals surface area (Å²) >= 11 is 5.58. The van der Waals surface area contributed by atoms with Crippen LogP contribution in [0.2, 0.25) is 5.02 Å². The van der Waals surface area contributed by atoms with E-state index >= 15 is 0 Å². The van der Waals surface area contributed by atoms with Crippen LogP contribution in [0.4, 0.5) is 8.78 Å². The maximum absolute atomic E-state index is 14.0. The molecule has 5 heteroatoms. The van der Waals surface area contributed by atoms with Gasteiger partial charge in [-0.1, -0.05) is 35.9 Å². The summed E-state index contributed by atoms with van der Waals surface area (Å²) in [4.78, 5) is 0. The van der Waals surface area contributed by atoms with E-state index in [0.29, 0.717) is 12.3 Å². The predicted molar refractivity (Wildman–Crippen MR) is 78.9 cm³/mol. The van der Waals surface area contributed by atoms with E-state index in [1.165, 1.54) is 11.1 Å². The van der Waals surface area contributed by atoms with Crippen LogP contribution < -0.4 is 11.3 Å². The molecular weight excluding hydrogens is 294 g/mol. The summed E-state index contributed by atoms with van der Waals surface area (Å²) in [7, 11) is 0. The lowest BCUT2D eigenvalue weighted by molar-refractivity contribution is 0.419. The van der Waals surface area contributed by atoms with Crippen molar-refractivity contribution in [2.75, 3.05) is 0 Å². The molecule has 2 aromatic rings. The van der Waals surface area contributed by atoms with E-state index in [1.807, 2.05) is 12.1 Å². The number of rotatable bonds is 4. The number of benzene rings is 2. The Kier molecular flexibility index (Phi) is 3.93. The summed E-state index contributed by atoms with van der Waals surface area (Å²) in [6.07, 6.45) is 1.55. The van der Waals surface area contributed by atoms with Crippen LogP contribution in [0, 0.1) is 11.6 Å². The van der Waals surface area contributed by atoms with Crippen LogP contribution in [0.1, 0.15) is 35.1 Å². The highest BCUT2D eigenvalue weighted by Gasteiger charge is 2.29. The number of halogens is 3. The zero-order valence-corrected chi connectivity index (χ0v) is 12.0. The van der Waals surface area contributed by atoms with Crippen LogP contribution in [-0.2, 0) is 6.42 Å². The van der Waals surface area contributed by atoms with Gasteiger partial charge < -0.3 is 0 Å². The third kappa shape index (κ3) is 2.67.